The molecule has 0 bridgehead atoms. The Labute approximate surface area is 176 Å². The van der Waals surface area contributed by atoms with Gasteiger partial charge >= 0.3 is 0 Å². The fourth-order valence-corrected chi connectivity index (χ4v) is 3.95. The Bertz CT molecular complexity index is 1170. The number of nitrogens with zero attached hydrogens (tertiary/aromatic N) is 4. The zero-order valence-corrected chi connectivity index (χ0v) is 18.2. The van der Waals surface area contributed by atoms with Crippen LogP contribution in [-0.2, 0) is 18.5 Å². The topological polar surface area (TPSA) is 60.1 Å². The molecule has 0 radical (unpaired) electrons. The minimum absolute atomic E-state index is 0.0511. The number of hydrogen-bond acceptors (Lipinski definition) is 3. The van der Waals surface area contributed by atoms with E-state index >= 15 is 0 Å². The third-order valence-corrected chi connectivity index (χ3v) is 5.75. The number of aromatic nitrogens is 3. The highest BCUT2D eigenvalue weighted by Crippen LogP contribution is 2.25. The van der Waals surface area contributed by atoms with Crippen LogP contribution in [0.5, 0.6) is 0 Å². The first kappa shape index (κ1) is 20.1. The largest absolute Gasteiger partial charge is 0.329 e. The average Bonchev–Trinajstić information content (AvgIpc) is 3.11. The molecule has 30 heavy (non-hydrogen) atoms. The molecule has 0 spiro atoms. The van der Waals surface area contributed by atoms with E-state index in [1.54, 1.807) is 27.6 Å². The van der Waals surface area contributed by atoms with E-state index in [1.807, 2.05) is 31.0 Å². The number of rotatable bonds is 3. The van der Waals surface area contributed by atoms with Crippen molar-refractivity contribution in [3.63, 3.8) is 0 Å². The van der Waals surface area contributed by atoms with Crippen molar-refractivity contribution < 1.29 is 4.79 Å². The third-order valence-electron chi connectivity index (χ3n) is 5.75. The van der Waals surface area contributed by atoms with Gasteiger partial charge in [0, 0.05) is 25.3 Å². The molecule has 1 aromatic carbocycles. The maximum atomic E-state index is 13.3. The van der Waals surface area contributed by atoms with Crippen molar-refractivity contribution in [1.29, 1.82) is 0 Å². The zero-order valence-electron chi connectivity index (χ0n) is 18.2. The van der Waals surface area contributed by atoms with Gasteiger partial charge in [0.05, 0.1) is 12.0 Å². The summed E-state index contributed by atoms with van der Waals surface area (Å²) in [5.41, 5.74) is 4.01. The lowest BCUT2D eigenvalue weighted by molar-refractivity contribution is 0.0590. The summed E-state index contributed by atoms with van der Waals surface area (Å²) in [6, 6.07) is 11.8. The fourth-order valence-electron chi connectivity index (χ4n) is 3.95. The summed E-state index contributed by atoms with van der Waals surface area (Å²) in [4.78, 5) is 32.4. The number of carbonyl (C=O) groups is 1. The van der Waals surface area contributed by atoms with Gasteiger partial charge in [-0.15, -0.1) is 0 Å². The van der Waals surface area contributed by atoms with Crippen LogP contribution in [0, 0.1) is 6.92 Å². The second kappa shape index (κ2) is 7.27. The lowest BCUT2D eigenvalue weighted by Gasteiger charge is -2.35. The van der Waals surface area contributed by atoms with E-state index in [-0.39, 0.29) is 22.9 Å². The summed E-state index contributed by atoms with van der Waals surface area (Å²) in [7, 11) is 0. The number of fused-ring (bicyclic) bond motifs is 1. The number of pyridine rings is 1. The highest BCUT2D eigenvalue weighted by atomic mass is 16.2. The number of aryl methyl sites for hydroxylation is 1. The molecule has 1 atom stereocenters. The summed E-state index contributed by atoms with van der Waals surface area (Å²) in [5, 5.41) is 0. The Hall–Kier alpha value is -3.15. The molecule has 0 aliphatic carbocycles. The van der Waals surface area contributed by atoms with Gasteiger partial charge in [0.25, 0.3) is 11.5 Å². The predicted molar refractivity (Wildman–Crippen MR) is 117 cm³/mol. The van der Waals surface area contributed by atoms with Crippen molar-refractivity contribution in [2.75, 3.05) is 0 Å². The Morgan fingerprint density at radius 2 is 1.90 bits per heavy atom. The van der Waals surface area contributed by atoms with Gasteiger partial charge in [0.15, 0.2) is 0 Å². The van der Waals surface area contributed by atoms with E-state index in [0.29, 0.717) is 24.5 Å². The molecule has 0 saturated carbocycles. The van der Waals surface area contributed by atoms with E-state index in [1.165, 1.54) is 5.56 Å². The van der Waals surface area contributed by atoms with Crippen molar-refractivity contribution in [3.05, 3.63) is 81.8 Å². The number of carbonyl (C=O) groups excluding carboxylic acids is 1. The number of benzene rings is 1. The molecule has 156 valence electrons. The van der Waals surface area contributed by atoms with Gasteiger partial charge in [-0.2, -0.15) is 0 Å². The van der Waals surface area contributed by atoms with Crippen LogP contribution in [0.1, 0.15) is 55.0 Å². The van der Waals surface area contributed by atoms with Gasteiger partial charge in [0.2, 0.25) is 0 Å². The molecule has 3 heterocycles. The van der Waals surface area contributed by atoms with Crippen LogP contribution in [0.3, 0.4) is 0 Å². The summed E-state index contributed by atoms with van der Waals surface area (Å²) in [6.07, 6.45) is 3.44. The van der Waals surface area contributed by atoms with Crippen molar-refractivity contribution in [1.82, 2.24) is 19.0 Å². The van der Waals surface area contributed by atoms with Gasteiger partial charge in [-0.25, -0.2) is 4.98 Å². The summed E-state index contributed by atoms with van der Waals surface area (Å²) in [6.45, 7) is 11.4. The highest BCUT2D eigenvalue weighted by Gasteiger charge is 2.31. The summed E-state index contributed by atoms with van der Waals surface area (Å²) in [5.74, 6) is -0.111. The minimum atomic E-state index is -0.167. The third kappa shape index (κ3) is 3.58. The number of amides is 1. The molecular formula is C24H28N4O2. The van der Waals surface area contributed by atoms with E-state index < -0.39 is 0 Å². The molecule has 0 N–H and O–H groups in total. The number of imidazole rings is 1. The van der Waals surface area contributed by atoms with E-state index in [2.05, 4.69) is 44.0 Å². The molecule has 3 aromatic rings. The van der Waals surface area contributed by atoms with Crippen molar-refractivity contribution in [2.24, 2.45) is 0 Å². The molecule has 1 aliphatic heterocycles. The van der Waals surface area contributed by atoms with Crippen LogP contribution >= 0.6 is 0 Å². The first-order valence-corrected chi connectivity index (χ1v) is 10.3. The quantitative estimate of drug-likeness (QED) is 0.669. The molecule has 4 rings (SSSR count). The van der Waals surface area contributed by atoms with Crippen LogP contribution in [-0.4, -0.2) is 31.0 Å². The molecule has 1 aliphatic rings. The van der Waals surface area contributed by atoms with Crippen LogP contribution < -0.4 is 5.56 Å². The molecule has 0 fully saturated rings. The first-order valence-electron chi connectivity index (χ1n) is 10.3. The average molecular weight is 405 g/mol. The predicted octanol–water partition coefficient (Wildman–Crippen LogP) is 3.68. The lowest BCUT2D eigenvalue weighted by atomic mass is 9.86. The smallest absolute Gasteiger partial charge is 0.275 e. The molecule has 0 saturated heterocycles. The minimum Gasteiger partial charge on any atom is -0.329 e. The monoisotopic (exact) mass is 404 g/mol. The fraction of sp³-hybridized carbons (Fsp3) is 0.375. The highest BCUT2D eigenvalue weighted by molar-refractivity contribution is 5.93. The number of hydrogen-bond donors (Lipinski definition) is 0. The van der Waals surface area contributed by atoms with E-state index in [4.69, 9.17) is 0 Å². The maximum Gasteiger partial charge on any atom is 0.275 e. The van der Waals surface area contributed by atoms with Crippen LogP contribution in [0.2, 0.25) is 0 Å². The Balaban J connectivity index is 1.66. The second-order valence-corrected chi connectivity index (χ2v) is 9.17. The first-order chi connectivity index (χ1) is 14.1. The standard InChI is InChI=1S/C24H28N4O2/c1-16-12-26(15-25-16)20-9-10-21-23(30)27(17(2)13-28(21)22(20)29)14-18-7-6-8-19(11-18)24(3,4)5/h6-12,15,17H,13-14H2,1-5H3/t17-/m1/s1. The Kier molecular flexibility index (Phi) is 4.88. The SMILES string of the molecule is Cc1cn(-c2ccc3n(c2=O)C[C@@H](C)N(Cc2cccc(C(C)(C)C)c2)C3=O)cn1. The van der Waals surface area contributed by atoms with Gasteiger partial charge in [0.1, 0.15) is 11.4 Å². The van der Waals surface area contributed by atoms with Gasteiger partial charge in [-0.3, -0.25) is 9.59 Å². The van der Waals surface area contributed by atoms with Gasteiger partial charge in [-0.05, 0) is 42.5 Å². The Morgan fingerprint density at radius 1 is 1.13 bits per heavy atom. The maximum absolute atomic E-state index is 13.3. The van der Waals surface area contributed by atoms with Crippen LogP contribution in [0.4, 0.5) is 0 Å². The molecule has 1 amide bonds. The zero-order chi connectivity index (χ0) is 21.6. The Morgan fingerprint density at radius 3 is 2.57 bits per heavy atom. The van der Waals surface area contributed by atoms with Gasteiger partial charge < -0.3 is 14.0 Å². The van der Waals surface area contributed by atoms with Crippen molar-refractivity contribution in [3.8, 4) is 5.69 Å². The summed E-state index contributed by atoms with van der Waals surface area (Å²) >= 11 is 0. The van der Waals surface area contributed by atoms with Gasteiger partial charge in [-0.1, -0.05) is 45.0 Å². The molecule has 2 aromatic heterocycles. The van der Waals surface area contributed by atoms with Crippen molar-refractivity contribution >= 4 is 5.91 Å². The molecule has 6 nitrogen and oxygen atoms in total. The van der Waals surface area contributed by atoms with Crippen LogP contribution in [0.25, 0.3) is 5.69 Å². The molecular weight excluding hydrogens is 376 g/mol. The van der Waals surface area contributed by atoms with E-state index in [9.17, 15) is 9.59 Å². The normalized spacial score (nSPS) is 16.6. The molecule has 0 unspecified atom stereocenters. The lowest BCUT2D eigenvalue weighted by Crippen LogP contribution is -2.49. The summed E-state index contributed by atoms with van der Waals surface area (Å²) < 4.78 is 3.31. The van der Waals surface area contributed by atoms with E-state index in [0.717, 1.165) is 11.3 Å². The van der Waals surface area contributed by atoms with Crippen molar-refractivity contribution in [2.45, 2.75) is 59.2 Å². The molecule has 6 heteroatoms. The second-order valence-electron chi connectivity index (χ2n) is 9.17. The van der Waals surface area contributed by atoms with Crippen LogP contribution in [0.15, 0.2) is 53.7 Å².